The Morgan fingerprint density at radius 3 is 2.89 bits per heavy atom. The number of hydrogen-bond donors (Lipinski definition) is 1. The summed E-state index contributed by atoms with van der Waals surface area (Å²) in [5.74, 6) is 1.60. The van der Waals surface area contributed by atoms with E-state index in [9.17, 15) is 0 Å². The number of nitrogens with zero attached hydrogens (tertiary/aromatic N) is 3. The zero-order chi connectivity index (χ0) is 18.1. The van der Waals surface area contributed by atoms with Crippen LogP contribution in [0.5, 0.6) is 11.5 Å². The van der Waals surface area contributed by atoms with Crippen LogP contribution in [0, 0.1) is 0 Å². The van der Waals surface area contributed by atoms with Gasteiger partial charge in [-0.2, -0.15) is 0 Å². The van der Waals surface area contributed by atoms with Crippen molar-refractivity contribution in [2.75, 3.05) is 26.4 Å². The Morgan fingerprint density at radius 2 is 2.00 bits per heavy atom. The molecular weight excluding hydrogens is 396 g/mol. The molecule has 4 heterocycles. The summed E-state index contributed by atoms with van der Waals surface area (Å²) in [7, 11) is 0. The van der Waals surface area contributed by atoms with Crippen molar-refractivity contribution in [2.24, 2.45) is 0 Å². The van der Waals surface area contributed by atoms with Crippen LogP contribution in [0.2, 0.25) is 0 Å². The molecule has 0 saturated carbocycles. The molecule has 2 aromatic heterocycles. The number of thiazole rings is 1. The molecule has 1 saturated heterocycles. The van der Waals surface area contributed by atoms with Crippen LogP contribution in [0.4, 0.5) is 0 Å². The number of ether oxygens (including phenoxy) is 2. The Bertz CT molecular complexity index is 937. The summed E-state index contributed by atoms with van der Waals surface area (Å²) in [5, 5.41) is 6.67. The molecule has 2 aliphatic heterocycles. The van der Waals surface area contributed by atoms with Gasteiger partial charge in [0.1, 0.15) is 5.01 Å². The molecule has 1 fully saturated rings. The van der Waals surface area contributed by atoms with Crippen LogP contribution in [-0.2, 0) is 6.54 Å². The lowest BCUT2D eigenvalue weighted by Gasteiger charge is -2.36. The standard InChI is InChI=1S/C20H20N4O2S.ClH/c1-2-18-19(26-13-25-18)9-15(1)20-23-16(12-27-20)11-24-8-7-22-10-17(24)14-3-5-21-6-4-14;/h1-6,9,12,17,22H,7-8,10-11,13H2;1H. The molecule has 0 amide bonds. The normalized spacial score (nSPS) is 18.6. The molecule has 0 radical (unpaired) electrons. The second-order valence-corrected chi connectivity index (χ2v) is 7.54. The van der Waals surface area contributed by atoms with Crippen LogP contribution in [0.1, 0.15) is 17.3 Å². The molecule has 5 rings (SSSR count). The first-order valence-corrected chi connectivity index (χ1v) is 9.94. The molecule has 28 heavy (non-hydrogen) atoms. The summed E-state index contributed by atoms with van der Waals surface area (Å²) in [6.07, 6.45) is 3.73. The molecule has 1 atom stereocenters. The van der Waals surface area contributed by atoms with Crippen LogP contribution in [0.15, 0.2) is 48.1 Å². The summed E-state index contributed by atoms with van der Waals surface area (Å²) in [6, 6.07) is 10.6. The molecule has 8 heteroatoms. The van der Waals surface area contributed by atoms with Crippen molar-refractivity contribution in [3.8, 4) is 22.1 Å². The Labute approximate surface area is 173 Å². The van der Waals surface area contributed by atoms with Gasteiger partial charge in [-0.3, -0.25) is 9.88 Å². The van der Waals surface area contributed by atoms with Gasteiger partial charge in [0.25, 0.3) is 0 Å². The van der Waals surface area contributed by atoms with Crippen LogP contribution in [-0.4, -0.2) is 41.3 Å². The molecule has 1 N–H and O–H groups in total. The SMILES string of the molecule is Cl.c1cc(C2CNCCN2Cc2csc(-c3ccc4c(c3)OCO4)n2)ccn1. The van der Waals surface area contributed by atoms with E-state index >= 15 is 0 Å². The predicted molar refractivity (Wildman–Crippen MR) is 111 cm³/mol. The third kappa shape index (κ3) is 3.84. The molecule has 146 valence electrons. The Balaban J connectivity index is 0.00000192. The van der Waals surface area contributed by atoms with Gasteiger partial charge in [0.2, 0.25) is 6.79 Å². The predicted octanol–water partition coefficient (Wildman–Crippen LogP) is 3.50. The minimum atomic E-state index is 0. The van der Waals surface area contributed by atoms with Gasteiger partial charge >= 0.3 is 0 Å². The average Bonchev–Trinajstić information content (AvgIpc) is 3.38. The van der Waals surface area contributed by atoms with Crippen molar-refractivity contribution < 1.29 is 9.47 Å². The fraction of sp³-hybridized carbons (Fsp3) is 0.300. The monoisotopic (exact) mass is 416 g/mol. The summed E-state index contributed by atoms with van der Waals surface area (Å²) in [5.41, 5.74) is 3.47. The van der Waals surface area contributed by atoms with E-state index in [4.69, 9.17) is 14.5 Å². The fourth-order valence-electron chi connectivity index (χ4n) is 3.60. The van der Waals surface area contributed by atoms with Gasteiger partial charge in [0.05, 0.1) is 5.69 Å². The number of piperazine rings is 1. The molecule has 6 nitrogen and oxygen atoms in total. The first-order valence-electron chi connectivity index (χ1n) is 9.06. The lowest BCUT2D eigenvalue weighted by Crippen LogP contribution is -2.45. The highest BCUT2D eigenvalue weighted by molar-refractivity contribution is 7.13. The van der Waals surface area contributed by atoms with Crippen molar-refractivity contribution in [1.82, 2.24) is 20.2 Å². The molecule has 2 aliphatic rings. The maximum absolute atomic E-state index is 5.49. The third-order valence-corrected chi connectivity index (χ3v) is 5.92. The molecule has 0 spiro atoms. The number of halogens is 1. The molecular formula is C20H21ClN4O2S. The van der Waals surface area contributed by atoms with Crippen LogP contribution < -0.4 is 14.8 Å². The van der Waals surface area contributed by atoms with Crippen molar-refractivity contribution in [1.29, 1.82) is 0 Å². The van der Waals surface area contributed by atoms with Crippen molar-refractivity contribution in [3.63, 3.8) is 0 Å². The van der Waals surface area contributed by atoms with E-state index in [0.29, 0.717) is 12.8 Å². The van der Waals surface area contributed by atoms with E-state index in [-0.39, 0.29) is 12.4 Å². The highest BCUT2D eigenvalue weighted by Crippen LogP contribution is 2.37. The first-order chi connectivity index (χ1) is 13.4. The minimum absolute atomic E-state index is 0. The van der Waals surface area contributed by atoms with E-state index in [1.807, 2.05) is 30.6 Å². The second-order valence-electron chi connectivity index (χ2n) is 6.68. The minimum Gasteiger partial charge on any atom is -0.454 e. The number of pyridine rings is 1. The molecule has 3 aromatic rings. The Hall–Kier alpha value is -2.19. The smallest absolute Gasteiger partial charge is 0.231 e. The van der Waals surface area contributed by atoms with Crippen molar-refractivity contribution in [3.05, 3.63) is 59.4 Å². The van der Waals surface area contributed by atoms with Crippen LogP contribution in [0.25, 0.3) is 10.6 Å². The van der Waals surface area contributed by atoms with E-state index in [2.05, 4.69) is 32.7 Å². The summed E-state index contributed by atoms with van der Waals surface area (Å²) in [4.78, 5) is 11.5. The Morgan fingerprint density at radius 1 is 1.14 bits per heavy atom. The van der Waals surface area contributed by atoms with Gasteiger partial charge in [-0.25, -0.2) is 4.98 Å². The molecule has 0 bridgehead atoms. The van der Waals surface area contributed by atoms with Gasteiger partial charge in [0.15, 0.2) is 11.5 Å². The Kier molecular flexibility index (Phi) is 5.77. The van der Waals surface area contributed by atoms with Gasteiger partial charge in [-0.05, 0) is 35.9 Å². The maximum Gasteiger partial charge on any atom is 0.231 e. The highest BCUT2D eigenvalue weighted by atomic mass is 35.5. The van der Waals surface area contributed by atoms with Gasteiger partial charge < -0.3 is 14.8 Å². The van der Waals surface area contributed by atoms with Gasteiger partial charge in [-0.15, -0.1) is 23.7 Å². The van der Waals surface area contributed by atoms with E-state index in [0.717, 1.165) is 53.9 Å². The topological polar surface area (TPSA) is 59.5 Å². The van der Waals surface area contributed by atoms with E-state index in [1.165, 1.54) is 5.56 Å². The molecule has 0 aliphatic carbocycles. The van der Waals surface area contributed by atoms with Gasteiger partial charge in [0, 0.05) is 55.6 Å². The summed E-state index contributed by atoms with van der Waals surface area (Å²) in [6.45, 7) is 4.09. The fourth-order valence-corrected chi connectivity index (χ4v) is 4.41. The van der Waals surface area contributed by atoms with Crippen molar-refractivity contribution >= 4 is 23.7 Å². The zero-order valence-corrected chi connectivity index (χ0v) is 16.8. The number of rotatable bonds is 4. The molecule has 1 unspecified atom stereocenters. The summed E-state index contributed by atoms with van der Waals surface area (Å²) >= 11 is 1.67. The van der Waals surface area contributed by atoms with E-state index in [1.54, 1.807) is 11.3 Å². The largest absolute Gasteiger partial charge is 0.454 e. The van der Waals surface area contributed by atoms with E-state index < -0.39 is 0 Å². The molecule has 1 aromatic carbocycles. The van der Waals surface area contributed by atoms with Crippen molar-refractivity contribution in [2.45, 2.75) is 12.6 Å². The average molecular weight is 417 g/mol. The maximum atomic E-state index is 5.49. The first kappa shape index (κ1) is 19.1. The highest BCUT2D eigenvalue weighted by Gasteiger charge is 2.24. The number of aromatic nitrogens is 2. The quantitative estimate of drug-likeness (QED) is 0.702. The number of benzene rings is 1. The lowest BCUT2D eigenvalue weighted by atomic mass is 10.0. The van der Waals surface area contributed by atoms with Crippen LogP contribution >= 0.6 is 23.7 Å². The number of nitrogens with one attached hydrogen (secondary N) is 1. The number of hydrogen-bond acceptors (Lipinski definition) is 7. The van der Waals surface area contributed by atoms with Gasteiger partial charge in [-0.1, -0.05) is 0 Å². The third-order valence-electron chi connectivity index (χ3n) is 4.98. The number of fused-ring (bicyclic) bond motifs is 1. The second kappa shape index (κ2) is 8.45. The summed E-state index contributed by atoms with van der Waals surface area (Å²) < 4.78 is 10.9. The van der Waals surface area contributed by atoms with Crippen LogP contribution in [0.3, 0.4) is 0 Å². The lowest BCUT2D eigenvalue weighted by molar-refractivity contribution is 0.152. The zero-order valence-electron chi connectivity index (χ0n) is 15.2.